The van der Waals surface area contributed by atoms with Crippen molar-refractivity contribution in [3.05, 3.63) is 23.0 Å². The van der Waals surface area contributed by atoms with E-state index < -0.39 is 0 Å². The zero-order valence-electron chi connectivity index (χ0n) is 10.7. The predicted molar refractivity (Wildman–Crippen MR) is 72.8 cm³/mol. The molecule has 0 aliphatic carbocycles. The highest BCUT2D eigenvalue weighted by Gasteiger charge is 2.34. The lowest BCUT2D eigenvalue weighted by Gasteiger charge is -2.32. The lowest BCUT2D eigenvalue weighted by molar-refractivity contribution is -0.126. The van der Waals surface area contributed by atoms with Crippen LogP contribution in [0.1, 0.15) is 25.3 Å². The minimum absolute atomic E-state index is 0.0659. The molecule has 2 heterocycles. The molecule has 2 N–H and O–H groups in total. The second-order valence-corrected chi connectivity index (χ2v) is 5.47. The Morgan fingerprint density at radius 1 is 1.50 bits per heavy atom. The molecule has 0 atom stereocenters. The van der Waals surface area contributed by atoms with E-state index >= 15 is 0 Å². The average molecular weight is 268 g/mol. The van der Waals surface area contributed by atoms with Gasteiger partial charge in [-0.1, -0.05) is 18.5 Å². The number of carbonyl (C=O) groups is 1. The van der Waals surface area contributed by atoms with Crippen LogP contribution in [0, 0.1) is 12.3 Å². The first-order chi connectivity index (χ1) is 8.51. The monoisotopic (exact) mass is 267 g/mol. The van der Waals surface area contributed by atoms with Crippen molar-refractivity contribution in [1.29, 1.82) is 0 Å². The van der Waals surface area contributed by atoms with Crippen LogP contribution in [0.5, 0.6) is 0 Å². The zero-order valence-corrected chi connectivity index (χ0v) is 11.5. The molecule has 98 valence electrons. The number of nitrogens with zero attached hydrogens (tertiary/aromatic N) is 1. The van der Waals surface area contributed by atoms with Crippen LogP contribution < -0.4 is 10.6 Å². The summed E-state index contributed by atoms with van der Waals surface area (Å²) in [5.74, 6) is 0.0659. The molecule has 5 heteroatoms. The molecule has 0 aromatic carbocycles. The Hall–Kier alpha value is -1.13. The second kappa shape index (κ2) is 5.24. The molecule has 2 rings (SSSR count). The Balaban J connectivity index is 2.11. The fourth-order valence-corrected chi connectivity index (χ4v) is 2.34. The standard InChI is InChI=1S/C13H18ClN3O/c1-9-7-11(14)16-8-10(9)17-12(18)13(2)3-5-15-6-4-13/h7-8,15H,3-6H2,1-2H3,(H,17,18). The molecule has 1 saturated heterocycles. The molecular formula is C13H18ClN3O. The molecule has 0 radical (unpaired) electrons. The van der Waals surface area contributed by atoms with E-state index in [-0.39, 0.29) is 11.3 Å². The number of carbonyl (C=O) groups excluding carboxylic acids is 1. The summed E-state index contributed by atoms with van der Waals surface area (Å²) in [7, 11) is 0. The summed E-state index contributed by atoms with van der Waals surface area (Å²) in [6.07, 6.45) is 3.33. The van der Waals surface area contributed by atoms with Gasteiger partial charge in [0, 0.05) is 5.41 Å². The normalized spacial score (nSPS) is 18.4. The summed E-state index contributed by atoms with van der Waals surface area (Å²) in [5.41, 5.74) is 1.38. The van der Waals surface area contributed by atoms with Crippen molar-refractivity contribution in [2.24, 2.45) is 5.41 Å². The number of anilines is 1. The summed E-state index contributed by atoms with van der Waals surface area (Å²) >= 11 is 5.80. The van der Waals surface area contributed by atoms with E-state index in [0.29, 0.717) is 5.15 Å². The van der Waals surface area contributed by atoms with Crippen LogP contribution in [0.4, 0.5) is 5.69 Å². The van der Waals surface area contributed by atoms with E-state index in [0.717, 1.165) is 37.2 Å². The van der Waals surface area contributed by atoms with E-state index in [1.54, 1.807) is 12.3 Å². The molecule has 0 spiro atoms. The van der Waals surface area contributed by atoms with Crippen LogP contribution in [-0.2, 0) is 4.79 Å². The number of aromatic nitrogens is 1. The molecule has 1 amide bonds. The number of rotatable bonds is 2. The van der Waals surface area contributed by atoms with Gasteiger partial charge in [-0.25, -0.2) is 4.98 Å². The van der Waals surface area contributed by atoms with E-state index in [1.807, 2.05) is 13.8 Å². The highest BCUT2D eigenvalue weighted by molar-refractivity contribution is 6.29. The minimum atomic E-state index is -0.294. The van der Waals surface area contributed by atoms with Crippen LogP contribution in [-0.4, -0.2) is 24.0 Å². The van der Waals surface area contributed by atoms with Gasteiger partial charge in [0.05, 0.1) is 11.9 Å². The zero-order chi connectivity index (χ0) is 13.2. The molecule has 0 saturated carbocycles. The van der Waals surface area contributed by atoms with Crippen LogP contribution in [0.3, 0.4) is 0 Å². The fraction of sp³-hybridized carbons (Fsp3) is 0.538. The summed E-state index contributed by atoms with van der Waals surface area (Å²) < 4.78 is 0. The number of amides is 1. The number of halogens is 1. The first-order valence-corrected chi connectivity index (χ1v) is 6.53. The average Bonchev–Trinajstić information content (AvgIpc) is 2.33. The van der Waals surface area contributed by atoms with Crippen molar-refractivity contribution in [1.82, 2.24) is 10.3 Å². The maximum absolute atomic E-state index is 12.3. The third-order valence-electron chi connectivity index (χ3n) is 3.58. The van der Waals surface area contributed by atoms with Gasteiger partial charge in [0.2, 0.25) is 5.91 Å². The Morgan fingerprint density at radius 3 is 2.78 bits per heavy atom. The van der Waals surface area contributed by atoms with Gasteiger partial charge in [-0.05, 0) is 44.5 Å². The molecule has 1 aliphatic heterocycles. The molecule has 1 fully saturated rings. The molecule has 1 aromatic heterocycles. The SMILES string of the molecule is Cc1cc(Cl)ncc1NC(=O)C1(C)CCNCC1. The van der Waals surface area contributed by atoms with Gasteiger partial charge in [-0.15, -0.1) is 0 Å². The van der Waals surface area contributed by atoms with E-state index in [4.69, 9.17) is 11.6 Å². The Kier molecular flexibility index (Phi) is 3.88. The van der Waals surface area contributed by atoms with Crippen LogP contribution in [0.25, 0.3) is 0 Å². The number of piperidine rings is 1. The van der Waals surface area contributed by atoms with Gasteiger partial charge in [-0.2, -0.15) is 0 Å². The third-order valence-corrected chi connectivity index (χ3v) is 3.79. The largest absolute Gasteiger partial charge is 0.324 e. The van der Waals surface area contributed by atoms with Crippen molar-refractivity contribution in [2.45, 2.75) is 26.7 Å². The molecule has 0 bridgehead atoms. The van der Waals surface area contributed by atoms with Crippen molar-refractivity contribution < 1.29 is 4.79 Å². The lowest BCUT2D eigenvalue weighted by atomic mass is 9.80. The highest BCUT2D eigenvalue weighted by atomic mass is 35.5. The predicted octanol–water partition coefficient (Wildman–Crippen LogP) is 2.37. The van der Waals surface area contributed by atoms with Gasteiger partial charge >= 0.3 is 0 Å². The molecule has 18 heavy (non-hydrogen) atoms. The Morgan fingerprint density at radius 2 is 2.17 bits per heavy atom. The number of aryl methyl sites for hydroxylation is 1. The first kappa shape index (κ1) is 13.3. The van der Waals surface area contributed by atoms with E-state index in [1.165, 1.54) is 0 Å². The highest BCUT2D eigenvalue weighted by Crippen LogP contribution is 2.30. The van der Waals surface area contributed by atoms with Crippen LogP contribution >= 0.6 is 11.6 Å². The van der Waals surface area contributed by atoms with E-state index in [2.05, 4.69) is 15.6 Å². The number of hydrogen-bond acceptors (Lipinski definition) is 3. The van der Waals surface area contributed by atoms with Crippen LogP contribution in [0.2, 0.25) is 5.15 Å². The van der Waals surface area contributed by atoms with Gasteiger partial charge in [0.15, 0.2) is 0 Å². The van der Waals surface area contributed by atoms with Gasteiger partial charge < -0.3 is 10.6 Å². The summed E-state index contributed by atoms with van der Waals surface area (Å²) in [6.45, 7) is 5.71. The molecule has 4 nitrogen and oxygen atoms in total. The molecule has 0 unspecified atom stereocenters. The van der Waals surface area contributed by atoms with Crippen molar-refractivity contribution in [3.63, 3.8) is 0 Å². The fourth-order valence-electron chi connectivity index (χ4n) is 2.13. The molecule has 1 aromatic rings. The van der Waals surface area contributed by atoms with Crippen molar-refractivity contribution in [3.8, 4) is 0 Å². The number of pyridine rings is 1. The maximum Gasteiger partial charge on any atom is 0.230 e. The first-order valence-electron chi connectivity index (χ1n) is 6.16. The number of nitrogens with one attached hydrogen (secondary N) is 2. The third kappa shape index (κ3) is 2.82. The summed E-state index contributed by atoms with van der Waals surface area (Å²) in [5, 5.41) is 6.67. The Bertz CT molecular complexity index is 456. The maximum atomic E-state index is 12.3. The van der Waals surface area contributed by atoms with Gasteiger partial charge in [0.25, 0.3) is 0 Å². The minimum Gasteiger partial charge on any atom is -0.324 e. The summed E-state index contributed by atoms with van der Waals surface area (Å²) in [6, 6.07) is 1.75. The second-order valence-electron chi connectivity index (χ2n) is 5.09. The lowest BCUT2D eigenvalue weighted by Crippen LogP contribution is -2.42. The van der Waals surface area contributed by atoms with Gasteiger partial charge in [-0.3, -0.25) is 4.79 Å². The summed E-state index contributed by atoms with van der Waals surface area (Å²) in [4.78, 5) is 16.3. The quantitative estimate of drug-likeness (QED) is 0.809. The number of hydrogen-bond donors (Lipinski definition) is 2. The molecular weight excluding hydrogens is 250 g/mol. The smallest absolute Gasteiger partial charge is 0.230 e. The van der Waals surface area contributed by atoms with Gasteiger partial charge in [0.1, 0.15) is 5.15 Å². The topological polar surface area (TPSA) is 54.0 Å². The van der Waals surface area contributed by atoms with Crippen molar-refractivity contribution >= 4 is 23.2 Å². The van der Waals surface area contributed by atoms with Crippen molar-refractivity contribution in [2.75, 3.05) is 18.4 Å². The van der Waals surface area contributed by atoms with Crippen LogP contribution in [0.15, 0.2) is 12.3 Å². The van der Waals surface area contributed by atoms with E-state index in [9.17, 15) is 4.79 Å². The molecule has 1 aliphatic rings. The Labute approximate surface area is 112 Å².